The highest BCUT2D eigenvalue weighted by Gasteiger charge is 2.52. The normalized spacial score (nSPS) is 17.2. The highest BCUT2D eigenvalue weighted by atomic mass is 16.3. The number of benzene rings is 3. The standard InChI is InChI=1S/C33H32N6O4/c1-23(9-6-7-17-37-22-26(16-18-40)35-36-37)33(43)29-14-4-5-15-30(29)38(32(33)42)21-24-10-8-12-27(19-24)39-31(41)28-13-3-2-11-25(28)20-34-39/h2-6,8-15,19-20,22-23,40,43H,7,16-18,21H2,1H3/b9-6+/t23-,33+/m0/s1. The van der Waals surface area contributed by atoms with Gasteiger partial charge in [-0.05, 0) is 36.2 Å². The van der Waals surface area contributed by atoms with Crippen LogP contribution in [-0.4, -0.2) is 47.5 Å². The van der Waals surface area contributed by atoms with Crippen LogP contribution in [0.15, 0.2) is 102 Å². The molecule has 0 unspecified atom stereocenters. The summed E-state index contributed by atoms with van der Waals surface area (Å²) in [6.07, 6.45) is 8.36. The number of aliphatic hydroxyl groups excluding tert-OH is 1. The average Bonchev–Trinajstić information content (AvgIpc) is 3.56. The Morgan fingerprint density at radius 1 is 1.02 bits per heavy atom. The molecule has 5 aromatic rings. The zero-order chi connectivity index (χ0) is 30.0. The maximum atomic E-state index is 13.9. The van der Waals surface area contributed by atoms with Crippen molar-refractivity contribution in [2.45, 2.75) is 38.5 Å². The number of amides is 1. The smallest absolute Gasteiger partial charge is 0.279 e. The van der Waals surface area contributed by atoms with E-state index in [1.165, 1.54) is 4.68 Å². The number of nitrogens with zero attached hydrogens (tertiary/aromatic N) is 6. The van der Waals surface area contributed by atoms with Gasteiger partial charge >= 0.3 is 0 Å². The molecule has 0 fully saturated rings. The number of anilines is 1. The van der Waals surface area contributed by atoms with Crippen molar-refractivity contribution in [1.82, 2.24) is 24.8 Å². The van der Waals surface area contributed by atoms with Crippen LogP contribution in [0.1, 0.15) is 30.2 Å². The van der Waals surface area contributed by atoms with E-state index in [9.17, 15) is 14.7 Å². The van der Waals surface area contributed by atoms with Crippen LogP contribution in [0.2, 0.25) is 0 Å². The molecule has 10 heteroatoms. The summed E-state index contributed by atoms with van der Waals surface area (Å²) in [6.45, 7) is 2.66. The number of para-hydroxylation sites is 1. The summed E-state index contributed by atoms with van der Waals surface area (Å²) in [5.41, 5.74) is 1.38. The molecule has 2 atom stereocenters. The van der Waals surface area contributed by atoms with E-state index in [4.69, 9.17) is 5.11 Å². The molecule has 0 spiro atoms. The van der Waals surface area contributed by atoms with E-state index in [0.29, 0.717) is 41.7 Å². The minimum Gasteiger partial charge on any atom is -0.396 e. The number of aromatic nitrogens is 5. The monoisotopic (exact) mass is 576 g/mol. The summed E-state index contributed by atoms with van der Waals surface area (Å²) in [7, 11) is 0. The molecular formula is C33H32N6O4. The lowest BCUT2D eigenvalue weighted by Crippen LogP contribution is -2.44. The van der Waals surface area contributed by atoms with Gasteiger partial charge in [0.05, 0.1) is 35.2 Å². The summed E-state index contributed by atoms with van der Waals surface area (Å²) in [5.74, 6) is -0.902. The number of aliphatic hydroxyl groups is 2. The van der Waals surface area contributed by atoms with Crippen LogP contribution in [0.3, 0.4) is 0 Å². The zero-order valence-corrected chi connectivity index (χ0v) is 23.7. The third kappa shape index (κ3) is 5.26. The van der Waals surface area contributed by atoms with Crippen LogP contribution in [0, 0.1) is 5.92 Å². The van der Waals surface area contributed by atoms with Gasteiger partial charge in [0.25, 0.3) is 11.5 Å². The molecule has 0 bridgehead atoms. The third-order valence-corrected chi connectivity index (χ3v) is 7.93. The topological polar surface area (TPSA) is 126 Å². The zero-order valence-electron chi connectivity index (χ0n) is 23.7. The fourth-order valence-electron chi connectivity index (χ4n) is 5.63. The van der Waals surface area contributed by atoms with Gasteiger partial charge < -0.3 is 15.1 Å². The van der Waals surface area contributed by atoms with E-state index >= 15 is 0 Å². The molecule has 2 aromatic heterocycles. The minimum absolute atomic E-state index is 0.0222. The van der Waals surface area contributed by atoms with Crippen LogP contribution >= 0.6 is 0 Å². The quantitative estimate of drug-likeness (QED) is 0.244. The lowest BCUT2D eigenvalue weighted by Gasteiger charge is -2.27. The van der Waals surface area contributed by atoms with E-state index in [-0.39, 0.29) is 18.7 Å². The van der Waals surface area contributed by atoms with Gasteiger partial charge in [0.1, 0.15) is 0 Å². The first-order valence-electron chi connectivity index (χ1n) is 14.3. The SMILES string of the molecule is C[C@@H](/C=C/CCn1cc(CCO)nn1)[C@]1(O)C(=O)N(Cc2cccc(-n3ncc4ccccc4c3=O)c2)c2ccccc21. The predicted octanol–water partition coefficient (Wildman–Crippen LogP) is 3.53. The molecule has 1 amide bonds. The Morgan fingerprint density at radius 2 is 1.84 bits per heavy atom. The van der Waals surface area contributed by atoms with Crippen molar-refractivity contribution < 1.29 is 15.0 Å². The summed E-state index contributed by atoms with van der Waals surface area (Å²) in [6, 6.07) is 22.0. The Labute approximate surface area is 248 Å². The summed E-state index contributed by atoms with van der Waals surface area (Å²) >= 11 is 0. The number of fused-ring (bicyclic) bond motifs is 2. The third-order valence-electron chi connectivity index (χ3n) is 7.93. The number of allylic oxidation sites excluding steroid dienone is 1. The first-order valence-corrected chi connectivity index (χ1v) is 14.3. The summed E-state index contributed by atoms with van der Waals surface area (Å²) in [4.78, 5) is 28.7. The molecule has 218 valence electrons. The van der Waals surface area contributed by atoms with Crippen LogP contribution in [-0.2, 0) is 29.9 Å². The van der Waals surface area contributed by atoms with Gasteiger partial charge in [0.2, 0.25) is 0 Å². The molecule has 0 saturated carbocycles. The largest absolute Gasteiger partial charge is 0.396 e. The number of rotatable bonds is 10. The molecule has 1 aliphatic rings. The van der Waals surface area contributed by atoms with Gasteiger partial charge in [-0.25, -0.2) is 0 Å². The molecule has 43 heavy (non-hydrogen) atoms. The predicted molar refractivity (Wildman–Crippen MR) is 163 cm³/mol. The summed E-state index contributed by atoms with van der Waals surface area (Å²) in [5, 5.41) is 34.8. The molecular weight excluding hydrogens is 544 g/mol. The number of hydrogen-bond donors (Lipinski definition) is 2. The Kier molecular flexibility index (Phi) is 7.71. The average molecular weight is 577 g/mol. The van der Waals surface area contributed by atoms with Gasteiger partial charge in [-0.1, -0.05) is 72.8 Å². The Bertz CT molecular complexity index is 1880. The van der Waals surface area contributed by atoms with E-state index in [0.717, 1.165) is 16.6 Å². The number of aryl methyl sites for hydroxylation is 1. The molecule has 1 aliphatic heterocycles. The van der Waals surface area contributed by atoms with Crippen molar-refractivity contribution in [2.24, 2.45) is 5.92 Å². The van der Waals surface area contributed by atoms with Crippen molar-refractivity contribution in [3.8, 4) is 5.69 Å². The molecule has 0 aliphatic carbocycles. The van der Waals surface area contributed by atoms with Crippen LogP contribution in [0.5, 0.6) is 0 Å². The molecule has 6 rings (SSSR count). The molecule has 0 radical (unpaired) electrons. The van der Waals surface area contributed by atoms with Gasteiger partial charge in [0, 0.05) is 42.6 Å². The Morgan fingerprint density at radius 3 is 2.70 bits per heavy atom. The van der Waals surface area contributed by atoms with E-state index in [2.05, 4.69) is 15.4 Å². The second-order valence-corrected chi connectivity index (χ2v) is 10.7. The Hall–Kier alpha value is -4.93. The Balaban J connectivity index is 1.22. The second kappa shape index (κ2) is 11.7. The first kappa shape index (κ1) is 28.2. The van der Waals surface area contributed by atoms with Crippen LogP contribution < -0.4 is 10.5 Å². The highest BCUT2D eigenvalue weighted by molar-refractivity contribution is 6.07. The number of carbonyl (C=O) groups is 1. The van der Waals surface area contributed by atoms with Crippen molar-refractivity contribution in [3.63, 3.8) is 0 Å². The van der Waals surface area contributed by atoms with Crippen molar-refractivity contribution in [3.05, 3.63) is 125 Å². The van der Waals surface area contributed by atoms with Crippen molar-refractivity contribution in [1.29, 1.82) is 0 Å². The maximum absolute atomic E-state index is 13.9. The van der Waals surface area contributed by atoms with Gasteiger partial charge in [-0.3, -0.25) is 14.3 Å². The van der Waals surface area contributed by atoms with E-state index < -0.39 is 17.4 Å². The van der Waals surface area contributed by atoms with Gasteiger partial charge in [-0.2, -0.15) is 9.78 Å². The van der Waals surface area contributed by atoms with Crippen molar-refractivity contribution >= 4 is 22.4 Å². The lowest BCUT2D eigenvalue weighted by atomic mass is 9.83. The maximum Gasteiger partial charge on any atom is 0.279 e. The molecule has 10 nitrogen and oxygen atoms in total. The van der Waals surface area contributed by atoms with Gasteiger partial charge in [-0.15, -0.1) is 5.10 Å². The van der Waals surface area contributed by atoms with Crippen molar-refractivity contribution in [2.75, 3.05) is 11.5 Å². The van der Waals surface area contributed by atoms with E-state index in [1.807, 2.05) is 79.7 Å². The molecule has 3 aromatic carbocycles. The first-order chi connectivity index (χ1) is 20.9. The molecule has 2 N–H and O–H groups in total. The molecule has 0 saturated heterocycles. The molecule has 3 heterocycles. The fourth-order valence-corrected chi connectivity index (χ4v) is 5.63. The van der Waals surface area contributed by atoms with Crippen LogP contribution in [0.4, 0.5) is 5.69 Å². The fraction of sp³-hybridized carbons (Fsp3) is 0.242. The summed E-state index contributed by atoms with van der Waals surface area (Å²) < 4.78 is 3.07. The second-order valence-electron chi connectivity index (χ2n) is 10.7. The highest BCUT2D eigenvalue weighted by Crippen LogP contribution is 2.45. The van der Waals surface area contributed by atoms with Crippen LogP contribution in [0.25, 0.3) is 16.5 Å². The minimum atomic E-state index is -1.73. The van der Waals surface area contributed by atoms with E-state index in [1.54, 1.807) is 34.1 Å². The lowest BCUT2D eigenvalue weighted by molar-refractivity contribution is -0.139. The number of carbonyl (C=O) groups excluding carboxylic acids is 1. The van der Waals surface area contributed by atoms with Gasteiger partial charge in [0.15, 0.2) is 5.60 Å². The number of hydrogen-bond acceptors (Lipinski definition) is 7.